The monoisotopic (exact) mass is 208 g/mol. The van der Waals surface area contributed by atoms with Crippen LogP contribution in [-0.4, -0.2) is 33.6 Å². The molecule has 0 spiro atoms. The summed E-state index contributed by atoms with van der Waals surface area (Å²) in [6, 6.07) is 0.615. The molecule has 0 amide bonds. The zero-order valence-electron chi connectivity index (χ0n) is 9.56. The Balaban J connectivity index is 2.21. The Labute approximate surface area is 91.1 Å². The second kappa shape index (κ2) is 4.33. The molecule has 0 bridgehead atoms. The molecule has 0 aliphatic carbocycles. The van der Waals surface area contributed by atoms with Gasteiger partial charge in [0.25, 0.3) is 0 Å². The van der Waals surface area contributed by atoms with Crippen LogP contribution in [0.1, 0.15) is 31.5 Å². The third kappa shape index (κ3) is 1.92. The van der Waals surface area contributed by atoms with E-state index < -0.39 is 0 Å². The zero-order chi connectivity index (χ0) is 10.8. The molecule has 0 unspecified atom stereocenters. The van der Waals surface area contributed by atoms with Gasteiger partial charge in [-0.2, -0.15) is 0 Å². The van der Waals surface area contributed by atoms with Crippen molar-refractivity contribution < 1.29 is 0 Å². The lowest BCUT2D eigenvalue weighted by Crippen LogP contribution is -2.33. The van der Waals surface area contributed by atoms with E-state index in [1.54, 1.807) is 0 Å². The molecule has 0 radical (unpaired) electrons. The van der Waals surface area contributed by atoms with Crippen LogP contribution in [0.15, 0.2) is 12.5 Å². The summed E-state index contributed by atoms with van der Waals surface area (Å²) in [5, 5.41) is 0. The first-order chi connectivity index (χ1) is 7.24. The summed E-state index contributed by atoms with van der Waals surface area (Å²) in [6.45, 7) is 4.46. The highest BCUT2D eigenvalue weighted by Gasteiger charge is 2.33. The lowest BCUT2D eigenvalue weighted by molar-refractivity contribution is 0.240. The molecule has 1 fully saturated rings. The van der Waals surface area contributed by atoms with Crippen molar-refractivity contribution in [3.63, 3.8) is 0 Å². The molecular weight excluding hydrogens is 188 g/mol. The minimum Gasteiger partial charge on any atom is -0.336 e. The van der Waals surface area contributed by atoms with Gasteiger partial charge in [0.2, 0.25) is 0 Å². The third-order valence-corrected chi connectivity index (χ3v) is 3.22. The van der Waals surface area contributed by atoms with Crippen molar-refractivity contribution in [2.75, 3.05) is 13.1 Å². The quantitative estimate of drug-likeness (QED) is 0.803. The molecule has 1 aromatic heterocycles. The number of rotatable bonds is 3. The van der Waals surface area contributed by atoms with Gasteiger partial charge >= 0.3 is 0 Å². The number of aryl methyl sites for hydroxylation is 1. The van der Waals surface area contributed by atoms with Gasteiger partial charge in [-0.25, -0.2) is 4.98 Å². The Morgan fingerprint density at radius 3 is 3.00 bits per heavy atom. The highest BCUT2D eigenvalue weighted by molar-refractivity contribution is 5.11. The Bertz CT molecular complexity index is 318. The van der Waals surface area contributed by atoms with Gasteiger partial charge in [0.1, 0.15) is 0 Å². The van der Waals surface area contributed by atoms with E-state index in [0.717, 1.165) is 19.5 Å². The van der Waals surface area contributed by atoms with Gasteiger partial charge in [0.05, 0.1) is 18.1 Å². The number of imidazole rings is 1. The molecule has 2 rings (SSSR count). The second-order valence-electron chi connectivity index (χ2n) is 4.36. The number of likely N-dealkylation sites (tertiary alicyclic amines) is 1. The molecule has 1 aliphatic rings. The third-order valence-electron chi connectivity index (χ3n) is 3.22. The van der Waals surface area contributed by atoms with Crippen molar-refractivity contribution in [2.45, 2.75) is 31.8 Å². The van der Waals surface area contributed by atoms with Gasteiger partial charge in [0, 0.05) is 25.8 Å². The highest BCUT2D eigenvalue weighted by atomic mass is 15.2. The number of nitrogens with two attached hydrogens (primary N) is 1. The number of aromatic nitrogens is 2. The lowest BCUT2D eigenvalue weighted by Gasteiger charge is -2.26. The summed E-state index contributed by atoms with van der Waals surface area (Å²) in [7, 11) is 2.04. The van der Waals surface area contributed by atoms with Crippen LogP contribution in [0, 0.1) is 0 Å². The summed E-state index contributed by atoms with van der Waals surface area (Å²) in [6.07, 6.45) is 6.07. The predicted octanol–water partition coefficient (Wildman–Crippen LogP) is 0.904. The Morgan fingerprint density at radius 1 is 1.60 bits per heavy atom. The standard InChI is InChI=1S/C11H20N4/c1-3-5-15-6-4-9(12)11(15)10-7-13-8-14(10)2/h7-9,11H,3-6,12H2,1-2H3/t9-,11-/m0/s1. The summed E-state index contributed by atoms with van der Waals surface area (Å²) in [4.78, 5) is 6.65. The van der Waals surface area contributed by atoms with Crippen molar-refractivity contribution in [1.29, 1.82) is 0 Å². The molecular formula is C11H20N4. The average Bonchev–Trinajstić information content (AvgIpc) is 2.75. The Hall–Kier alpha value is -0.870. The Morgan fingerprint density at radius 2 is 2.40 bits per heavy atom. The maximum atomic E-state index is 6.18. The molecule has 15 heavy (non-hydrogen) atoms. The normalized spacial score (nSPS) is 27.4. The molecule has 2 heterocycles. The van der Waals surface area contributed by atoms with Crippen LogP contribution in [0.3, 0.4) is 0 Å². The van der Waals surface area contributed by atoms with E-state index in [-0.39, 0.29) is 6.04 Å². The molecule has 2 atom stereocenters. The van der Waals surface area contributed by atoms with E-state index in [9.17, 15) is 0 Å². The van der Waals surface area contributed by atoms with Crippen LogP contribution in [0.25, 0.3) is 0 Å². The highest BCUT2D eigenvalue weighted by Crippen LogP contribution is 2.30. The molecule has 1 aromatic rings. The molecule has 2 N–H and O–H groups in total. The lowest BCUT2D eigenvalue weighted by atomic mass is 10.1. The zero-order valence-corrected chi connectivity index (χ0v) is 9.56. The van der Waals surface area contributed by atoms with Crippen molar-refractivity contribution in [3.05, 3.63) is 18.2 Å². The minimum absolute atomic E-state index is 0.256. The number of hydrogen-bond acceptors (Lipinski definition) is 3. The van der Waals surface area contributed by atoms with Gasteiger partial charge in [-0.15, -0.1) is 0 Å². The fourth-order valence-corrected chi connectivity index (χ4v) is 2.48. The smallest absolute Gasteiger partial charge is 0.0946 e. The van der Waals surface area contributed by atoms with E-state index in [1.807, 2.05) is 19.6 Å². The van der Waals surface area contributed by atoms with Crippen LogP contribution in [0.4, 0.5) is 0 Å². The molecule has 4 nitrogen and oxygen atoms in total. The summed E-state index contributed by atoms with van der Waals surface area (Å²) < 4.78 is 2.08. The fourth-order valence-electron chi connectivity index (χ4n) is 2.48. The SMILES string of the molecule is CCCN1CC[C@H](N)[C@H]1c1cncn1C. The maximum absolute atomic E-state index is 6.18. The van der Waals surface area contributed by atoms with E-state index >= 15 is 0 Å². The maximum Gasteiger partial charge on any atom is 0.0946 e. The van der Waals surface area contributed by atoms with Crippen LogP contribution in [0.5, 0.6) is 0 Å². The van der Waals surface area contributed by atoms with Crippen molar-refractivity contribution in [2.24, 2.45) is 12.8 Å². The minimum atomic E-state index is 0.256. The summed E-state index contributed by atoms with van der Waals surface area (Å²) >= 11 is 0. The molecule has 0 aromatic carbocycles. The van der Waals surface area contributed by atoms with Crippen LogP contribution in [0.2, 0.25) is 0 Å². The van der Waals surface area contributed by atoms with Gasteiger partial charge in [-0.3, -0.25) is 4.90 Å². The summed E-state index contributed by atoms with van der Waals surface area (Å²) in [5.74, 6) is 0. The van der Waals surface area contributed by atoms with Crippen molar-refractivity contribution in [3.8, 4) is 0 Å². The van der Waals surface area contributed by atoms with E-state index in [1.165, 1.54) is 12.1 Å². The predicted molar refractivity (Wildman–Crippen MR) is 60.4 cm³/mol. The summed E-state index contributed by atoms with van der Waals surface area (Å²) in [5.41, 5.74) is 7.42. The van der Waals surface area contributed by atoms with Gasteiger partial charge in [0.15, 0.2) is 0 Å². The van der Waals surface area contributed by atoms with Crippen molar-refractivity contribution in [1.82, 2.24) is 14.5 Å². The molecule has 84 valence electrons. The molecule has 1 saturated heterocycles. The van der Waals surface area contributed by atoms with Crippen molar-refractivity contribution >= 4 is 0 Å². The van der Waals surface area contributed by atoms with E-state index in [4.69, 9.17) is 5.73 Å². The van der Waals surface area contributed by atoms with Gasteiger partial charge in [-0.1, -0.05) is 6.92 Å². The first-order valence-corrected chi connectivity index (χ1v) is 5.70. The van der Waals surface area contributed by atoms with Gasteiger partial charge < -0.3 is 10.3 Å². The van der Waals surface area contributed by atoms with E-state index in [2.05, 4.69) is 21.4 Å². The fraction of sp³-hybridized carbons (Fsp3) is 0.727. The van der Waals surface area contributed by atoms with E-state index in [0.29, 0.717) is 6.04 Å². The first-order valence-electron chi connectivity index (χ1n) is 5.70. The topological polar surface area (TPSA) is 47.1 Å². The average molecular weight is 208 g/mol. The molecule has 1 aliphatic heterocycles. The van der Waals surface area contributed by atoms with Crippen LogP contribution >= 0.6 is 0 Å². The number of nitrogens with zero attached hydrogens (tertiary/aromatic N) is 3. The molecule has 0 saturated carbocycles. The van der Waals surface area contributed by atoms with Crippen LogP contribution < -0.4 is 5.73 Å². The largest absolute Gasteiger partial charge is 0.336 e. The Kier molecular flexibility index (Phi) is 3.07. The number of hydrogen-bond donors (Lipinski definition) is 1. The van der Waals surface area contributed by atoms with Crippen LogP contribution in [-0.2, 0) is 7.05 Å². The molecule has 4 heteroatoms. The first kappa shape index (κ1) is 10.6. The second-order valence-corrected chi connectivity index (χ2v) is 4.36. The van der Waals surface area contributed by atoms with Gasteiger partial charge in [-0.05, 0) is 19.4 Å².